The summed E-state index contributed by atoms with van der Waals surface area (Å²) in [6.45, 7) is 4.22. The molecule has 3 rings (SSSR count). The summed E-state index contributed by atoms with van der Waals surface area (Å²) in [6, 6.07) is 7.05. The van der Waals surface area contributed by atoms with Gasteiger partial charge in [-0.2, -0.15) is 0 Å². The lowest BCUT2D eigenvalue weighted by molar-refractivity contribution is -0.138. The molecule has 1 aliphatic carbocycles. The second-order valence-corrected chi connectivity index (χ2v) is 6.04. The Kier molecular flexibility index (Phi) is 3.09. The van der Waals surface area contributed by atoms with E-state index in [1.807, 2.05) is 0 Å². The first kappa shape index (κ1) is 12.7. The highest BCUT2D eigenvalue weighted by Gasteiger charge is 2.43. The molecule has 1 aliphatic heterocycles. The summed E-state index contributed by atoms with van der Waals surface area (Å²) in [5.74, 6) is 0.286. The van der Waals surface area contributed by atoms with Gasteiger partial charge < -0.3 is 10.6 Å². The highest BCUT2D eigenvalue weighted by atomic mass is 16.2. The van der Waals surface area contributed by atoms with E-state index in [0.717, 1.165) is 19.3 Å². The summed E-state index contributed by atoms with van der Waals surface area (Å²) in [6.07, 6.45) is 3.69. The van der Waals surface area contributed by atoms with Gasteiger partial charge in [0.15, 0.2) is 0 Å². The molecule has 3 nitrogen and oxygen atoms in total. The quantitative estimate of drug-likeness (QED) is 0.885. The molecule has 1 heterocycles. The average Bonchev–Trinajstić information content (AvgIpc) is 3.17. The van der Waals surface area contributed by atoms with Gasteiger partial charge in [0.05, 0.1) is 6.04 Å². The van der Waals surface area contributed by atoms with E-state index < -0.39 is 0 Å². The monoisotopic (exact) mass is 258 g/mol. The lowest BCUT2D eigenvalue weighted by atomic mass is 9.87. The number of hydrogen-bond acceptors (Lipinski definition) is 2. The fourth-order valence-electron chi connectivity index (χ4n) is 3.26. The minimum atomic E-state index is 0.0692. The molecule has 102 valence electrons. The van der Waals surface area contributed by atoms with Crippen LogP contribution in [0.4, 0.5) is 0 Å². The van der Waals surface area contributed by atoms with Gasteiger partial charge in [0, 0.05) is 18.5 Å². The minimum absolute atomic E-state index is 0.0692. The highest BCUT2D eigenvalue weighted by Crippen LogP contribution is 2.40. The zero-order valence-electron chi connectivity index (χ0n) is 11.7. The number of likely N-dealkylation sites (tertiary alicyclic amines) is 1. The summed E-state index contributed by atoms with van der Waals surface area (Å²) in [7, 11) is 0. The second-order valence-electron chi connectivity index (χ2n) is 6.04. The third-order valence-corrected chi connectivity index (χ3v) is 4.37. The molecule has 1 saturated carbocycles. The number of nitrogens with two attached hydrogens (primary N) is 1. The SMILES string of the molecule is Cc1ccc(C2C(N)CCC(=O)N2C2CC2)c(C)c1. The number of nitrogens with zero attached hydrogens (tertiary/aromatic N) is 1. The Morgan fingerprint density at radius 3 is 2.58 bits per heavy atom. The third-order valence-electron chi connectivity index (χ3n) is 4.37. The van der Waals surface area contributed by atoms with E-state index in [0.29, 0.717) is 12.5 Å². The van der Waals surface area contributed by atoms with Crippen molar-refractivity contribution in [2.24, 2.45) is 5.73 Å². The van der Waals surface area contributed by atoms with Gasteiger partial charge in [-0.15, -0.1) is 0 Å². The summed E-state index contributed by atoms with van der Waals surface area (Å²) >= 11 is 0. The van der Waals surface area contributed by atoms with Crippen molar-refractivity contribution in [2.45, 2.75) is 57.7 Å². The predicted molar refractivity (Wildman–Crippen MR) is 75.7 cm³/mol. The van der Waals surface area contributed by atoms with E-state index >= 15 is 0 Å². The lowest BCUT2D eigenvalue weighted by Gasteiger charge is -2.41. The molecule has 2 aliphatic rings. The van der Waals surface area contributed by atoms with Crippen LogP contribution in [0.1, 0.15) is 48.4 Å². The fourth-order valence-corrected chi connectivity index (χ4v) is 3.26. The molecule has 2 atom stereocenters. The number of piperidine rings is 1. The van der Waals surface area contributed by atoms with Crippen LogP contribution in [0.15, 0.2) is 18.2 Å². The molecule has 19 heavy (non-hydrogen) atoms. The van der Waals surface area contributed by atoms with Crippen molar-refractivity contribution in [3.63, 3.8) is 0 Å². The number of hydrogen-bond donors (Lipinski definition) is 1. The standard InChI is InChI=1S/C16H22N2O/c1-10-3-6-13(11(2)9-10)16-14(17)7-8-15(19)18(16)12-4-5-12/h3,6,9,12,14,16H,4-5,7-8,17H2,1-2H3. The van der Waals surface area contributed by atoms with Gasteiger partial charge >= 0.3 is 0 Å². The summed E-state index contributed by atoms with van der Waals surface area (Å²) in [5, 5.41) is 0. The Morgan fingerprint density at radius 1 is 1.21 bits per heavy atom. The molecular formula is C16H22N2O. The Hall–Kier alpha value is -1.35. The van der Waals surface area contributed by atoms with Crippen LogP contribution in [0, 0.1) is 13.8 Å². The van der Waals surface area contributed by atoms with E-state index in [-0.39, 0.29) is 18.0 Å². The maximum absolute atomic E-state index is 12.3. The number of benzene rings is 1. The van der Waals surface area contributed by atoms with Gasteiger partial charge in [-0.1, -0.05) is 23.8 Å². The first-order valence-corrected chi connectivity index (χ1v) is 7.22. The molecule has 3 heteroatoms. The normalized spacial score (nSPS) is 27.7. The van der Waals surface area contributed by atoms with E-state index in [9.17, 15) is 4.79 Å². The number of carbonyl (C=O) groups is 1. The van der Waals surface area contributed by atoms with Crippen molar-refractivity contribution in [1.82, 2.24) is 4.90 Å². The van der Waals surface area contributed by atoms with E-state index in [1.54, 1.807) is 0 Å². The molecule has 1 amide bonds. The highest BCUT2D eigenvalue weighted by molar-refractivity contribution is 5.78. The molecule has 0 radical (unpaired) electrons. The van der Waals surface area contributed by atoms with Crippen molar-refractivity contribution < 1.29 is 4.79 Å². The molecule has 0 bridgehead atoms. The van der Waals surface area contributed by atoms with E-state index in [1.165, 1.54) is 16.7 Å². The second kappa shape index (κ2) is 4.64. The topological polar surface area (TPSA) is 46.3 Å². The molecule has 2 fully saturated rings. The van der Waals surface area contributed by atoms with Crippen molar-refractivity contribution >= 4 is 5.91 Å². The molecule has 2 N–H and O–H groups in total. The van der Waals surface area contributed by atoms with Crippen LogP contribution in [-0.2, 0) is 4.79 Å². The van der Waals surface area contributed by atoms with Gasteiger partial charge in [0.25, 0.3) is 0 Å². The molecule has 0 spiro atoms. The van der Waals surface area contributed by atoms with Crippen LogP contribution in [0.3, 0.4) is 0 Å². The number of rotatable bonds is 2. The lowest BCUT2D eigenvalue weighted by Crippen LogP contribution is -2.50. The number of carbonyl (C=O) groups excluding carboxylic acids is 1. The molecule has 1 aromatic rings. The predicted octanol–water partition coefficient (Wildman–Crippen LogP) is 2.46. The van der Waals surface area contributed by atoms with Crippen LogP contribution in [0.5, 0.6) is 0 Å². The summed E-state index contributed by atoms with van der Waals surface area (Å²) in [4.78, 5) is 14.3. The van der Waals surface area contributed by atoms with Crippen LogP contribution in [0.25, 0.3) is 0 Å². The Balaban J connectivity index is 2.00. The number of amides is 1. The molecular weight excluding hydrogens is 236 g/mol. The van der Waals surface area contributed by atoms with Crippen LogP contribution in [-0.4, -0.2) is 22.9 Å². The van der Waals surface area contributed by atoms with Gasteiger partial charge in [0.2, 0.25) is 5.91 Å². The smallest absolute Gasteiger partial charge is 0.223 e. The Morgan fingerprint density at radius 2 is 1.95 bits per heavy atom. The largest absolute Gasteiger partial charge is 0.331 e. The molecule has 1 aromatic carbocycles. The van der Waals surface area contributed by atoms with E-state index in [4.69, 9.17) is 5.73 Å². The fraction of sp³-hybridized carbons (Fsp3) is 0.562. The first-order chi connectivity index (χ1) is 9.08. The molecule has 2 unspecified atom stereocenters. The van der Waals surface area contributed by atoms with Gasteiger partial charge in [-0.25, -0.2) is 0 Å². The van der Waals surface area contributed by atoms with Crippen molar-refractivity contribution in [3.05, 3.63) is 34.9 Å². The average molecular weight is 258 g/mol. The van der Waals surface area contributed by atoms with Crippen LogP contribution < -0.4 is 5.73 Å². The minimum Gasteiger partial charge on any atom is -0.331 e. The number of aryl methyl sites for hydroxylation is 2. The van der Waals surface area contributed by atoms with E-state index in [2.05, 4.69) is 36.9 Å². The maximum Gasteiger partial charge on any atom is 0.223 e. The Bertz CT molecular complexity index is 507. The van der Waals surface area contributed by atoms with Gasteiger partial charge in [-0.3, -0.25) is 4.79 Å². The zero-order valence-corrected chi connectivity index (χ0v) is 11.7. The van der Waals surface area contributed by atoms with Crippen molar-refractivity contribution in [3.8, 4) is 0 Å². The van der Waals surface area contributed by atoms with Gasteiger partial charge in [-0.05, 0) is 44.2 Å². The Labute approximate surface area is 114 Å². The molecule has 0 aromatic heterocycles. The summed E-state index contributed by atoms with van der Waals surface area (Å²) < 4.78 is 0. The maximum atomic E-state index is 12.3. The van der Waals surface area contributed by atoms with Gasteiger partial charge in [0.1, 0.15) is 0 Å². The van der Waals surface area contributed by atoms with Crippen molar-refractivity contribution in [2.75, 3.05) is 0 Å². The third kappa shape index (κ3) is 2.27. The summed E-state index contributed by atoms with van der Waals surface area (Å²) in [5.41, 5.74) is 10.1. The zero-order chi connectivity index (χ0) is 13.6. The van der Waals surface area contributed by atoms with Crippen LogP contribution >= 0.6 is 0 Å². The van der Waals surface area contributed by atoms with Crippen LogP contribution in [0.2, 0.25) is 0 Å². The van der Waals surface area contributed by atoms with Crippen molar-refractivity contribution in [1.29, 1.82) is 0 Å². The first-order valence-electron chi connectivity index (χ1n) is 7.22. The molecule has 1 saturated heterocycles.